The number of aryl methyl sites for hydroxylation is 1. The minimum atomic E-state index is -0.136. The van der Waals surface area contributed by atoms with E-state index in [2.05, 4.69) is 37.3 Å². The first-order valence-electron chi connectivity index (χ1n) is 6.26. The first-order chi connectivity index (χ1) is 7.98. The molecular formula is C13H25N3O. The molecule has 0 aliphatic rings. The fraction of sp³-hybridized carbons (Fsp3) is 0.769. The second-order valence-corrected chi connectivity index (χ2v) is 5.09. The van der Waals surface area contributed by atoms with Gasteiger partial charge in [0.1, 0.15) is 0 Å². The molecule has 1 aromatic heterocycles. The Kier molecular flexibility index (Phi) is 5.15. The molecule has 0 aliphatic carbocycles. The SMILES string of the molecule is CCCNC(CC(C)(C)OC)c1ccn(C)n1. The molecule has 17 heavy (non-hydrogen) atoms. The van der Waals surface area contributed by atoms with E-state index in [0.29, 0.717) is 0 Å². The number of hydrogen-bond acceptors (Lipinski definition) is 3. The number of methoxy groups -OCH3 is 1. The van der Waals surface area contributed by atoms with Gasteiger partial charge in [0.15, 0.2) is 0 Å². The molecule has 0 spiro atoms. The van der Waals surface area contributed by atoms with E-state index in [0.717, 1.165) is 25.1 Å². The van der Waals surface area contributed by atoms with Crippen molar-refractivity contribution in [3.05, 3.63) is 18.0 Å². The molecule has 1 rings (SSSR count). The fourth-order valence-corrected chi connectivity index (χ4v) is 1.79. The van der Waals surface area contributed by atoms with Crippen LogP contribution in [0.3, 0.4) is 0 Å². The molecule has 1 N–H and O–H groups in total. The van der Waals surface area contributed by atoms with Gasteiger partial charge in [0, 0.05) is 20.4 Å². The third-order valence-electron chi connectivity index (χ3n) is 2.98. The molecule has 98 valence electrons. The van der Waals surface area contributed by atoms with Crippen molar-refractivity contribution in [3.8, 4) is 0 Å². The number of nitrogens with zero attached hydrogens (tertiary/aromatic N) is 2. The van der Waals surface area contributed by atoms with Crippen LogP contribution in [0.25, 0.3) is 0 Å². The van der Waals surface area contributed by atoms with Crippen molar-refractivity contribution in [2.24, 2.45) is 7.05 Å². The minimum Gasteiger partial charge on any atom is -0.379 e. The predicted octanol–water partition coefficient (Wildman–Crippen LogP) is 2.28. The van der Waals surface area contributed by atoms with Crippen LogP contribution in [0.1, 0.15) is 45.3 Å². The summed E-state index contributed by atoms with van der Waals surface area (Å²) in [6.07, 6.45) is 4.02. The quantitative estimate of drug-likeness (QED) is 0.793. The summed E-state index contributed by atoms with van der Waals surface area (Å²) in [6, 6.07) is 2.32. The molecule has 1 unspecified atom stereocenters. The summed E-state index contributed by atoms with van der Waals surface area (Å²) in [4.78, 5) is 0. The highest BCUT2D eigenvalue weighted by atomic mass is 16.5. The number of nitrogens with one attached hydrogen (secondary N) is 1. The first kappa shape index (κ1) is 14.2. The molecule has 0 saturated heterocycles. The maximum atomic E-state index is 5.50. The number of hydrogen-bond donors (Lipinski definition) is 1. The first-order valence-corrected chi connectivity index (χ1v) is 6.26. The Morgan fingerprint density at radius 3 is 2.71 bits per heavy atom. The van der Waals surface area contributed by atoms with Crippen LogP contribution in [0, 0.1) is 0 Å². The topological polar surface area (TPSA) is 39.1 Å². The Hall–Kier alpha value is -0.870. The zero-order valence-electron chi connectivity index (χ0n) is 11.7. The van der Waals surface area contributed by atoms with Gasteiger partial charge in [-0.2, -0.15) is 5.10 Å². The van der Waals surface area contributed by atoms with Gasteiger partial charge < -0.3 is 10.1 Å². The molecule has 1 aromatic rings. The summed E-state index contributed by atoms with van der Waals surface area (Å²) in [5.74, 6) is 0. The van der Waals surface area contributed by atoms with Gasteiger partial charge in [-0.3, -0.25) is 4.68 Å². The van der Waals surface area contributed by atoms with E-state index < -0.39 is 0 Å². The van der Waals surface area contributed by atoms with Gasteiger partial charge in [-0.05, 0) is 39.3 Å². The van der Waals surface area contributed by atoms with Crippen LogP contribution in [0.5, 0.6) is 0 Å². The summed E-state index contributed by atoms with van der Waals surface area (Å²) in [7, 11) is 3.71. The lowest BCUT2D eigenvalue weighted by atomic mass is 9.96. The molecule has 0 fully saturated rings. The average molecular weight is 239 g/mol. The largest absolute Gasteiger partial charge is 0.379 e. The molecule has 1 atom stereocenters. The summed E-state index contributed by atoms with van der Waals surface area (Å²) in [5.41, 5.74) is 0.953. The molecule has 0 aliphatic heterocycles. The van der Waals surface area contributed by atoms with Gasteiger partial charge in [-0.25, -0.2) is 0 Å². The molecular weight excluding hydrogens is 214 g/mol. The van der Waals surface area contributed by atoms with Crippen molar-refractivity contribution < 1.29 is 4.74 Å². The maximum Gasteiger partial charge on any atom is 0.0794 e. The number of aromatic nitrogens is 2. The van der Waals surface area contributed by atoms with Crippen LogP contribution in [-0.4, -0.2) is 29.0 Å². The van der Waals surface area contributed by atoms with Crippen molar-refractivity contribution in [1.29, 1.82) is 0 Å². The lowest BCUT2D eigenvalue weighted by molar-refractivity contribution is 0.00646. The van der Waals surface area contributed by atoms with E-state index >= 15 is 0 Å². The van der Waals surface area contributed by atoms with Crippen molar-refractivity contribution in [2.75, 3.05) is 13.7 Å². The second kappa shape index (κ2) is 6.17. The van der Waals surface area contributed by atoms with Crippen LogP contribution < -0.4 is 5.32 Å². The van der Waals surface area contributed by atoms with E-state index in [-0.39, 0.29) is 11.6 Å². The van der Waals surface area contributed by atoms with Gasteiger partial charge in [-0.15, -0.1) is 0 Å². The lowest BCUT2D eigenvalue weighted by Gasteiger charge is -2.28. The van der Waals surface area contributed by atoms with Crippen molar-refractivity contribution in [1.82, 2.24) is 15.1 Å². The van der Waals surface area contributed by atoms with Gasteiger partial charge in [0.2, 0.25) is 0 Å². The van der Waals surface area contributed by atoms with Crippen LogP contribution in [-0.2, 0) is 11.8 Å². The molecule has 0 amide bonds. The van der Waals surface area contributed by atoms with Crippen molar-refractivity contribution >= 4 is 0 Å². The van der Waals surface area contributed by atoms with Crippen LogP contribution in [0.4, 0.5) is 0 Å². The monoisotopic (exact) mass is 239 g/mol. The fourth-order valence-electron chi connectivity index (χ4n) is 1.79. The zero-order chi connectivity index (χ0) is 12.9. The lowest BCUT2D eigenvalue weighted by Crippen LogP contribution is -2.32. The molecule has 4 heteroatoms. The van der Waals surface area contributed by atoms with E-state index in [1.54, 1.807) is 7.11 Å². The van der Waals surface area contributed by atoms with Crippen LogP contribution >= 0.6 is 0 Å². The van der Waals surface area contributed by atoms with Gasteiger partial charge in [-0.1, -0.05) is 6.92 Å². The highest BCUT2D eigenvalue weighted by Crippen LogP contribution is 2.24. The van der Waals surface area contributed by atoms with E-state index in [9.17, 15) is 0 Å². The van der Waals surface area contributed by atoms with E-state index in [1.807, 2.05) is 17.9 Å². The highest BCUT2D eigenvalue weighted by Gasteiger charge is 2.24. The summed E-state index contributed by atoms with van der Waals surface area (Å²) >= 11 is 0. The van der Waals surface area contributed by atoms with Gasteiger partial charge in [0.05, 0.1) is 17.3 Å². The van der Waals surface area contributed by atoms with E-state index in [1.165, 1.54) is 0 Å². The summed E-state index contributed by atoms with van der Waals surface area (Å²) < 4.78 is 7.34. The standard InChI is InChI=1S/C13H25N3O/c1-6-8-14-12(10-13(2,3)17-5)11-7-9-16(4)15-11/h7,9,12,14H,6,8,10H2,1-5H3. The predicted molar refractivity (Wildman–Crippen MR) is 69.9 cm³/mol. The average Bonchev–Trinajstić information content (AvgIpc) is 2.71. The normalized spacial score (nSPS) is 13.9. The van der Waals surface area contributed by atoms with Crippen LogP contribution in [0.15, 0.2) is 12.3 Å². The third-order valence-corrected chi connectivity index (χ3v) is 2.98. The smallest absolute Gasteiger partial charge is 0.0794 e. The molecule has 0 saturated carbocycles. The number of rotatable bonds is 7. The second-order valence-electron chi connectivity index (χ2n) is 5.09. The minimum absolute atomic E-state index is 0.136. The maximum absolute atomic E-state index is 5.50. The van der Waals surface area contributed by atoms with Gasteiger partial charge >= 0.3 is 0 Å². The number of ether oxygens (including phenoxy) is 1. The van der Waals surface area contributed by atoms with E-state index in [4.69, 9.17) is 4.74 Å². The molecule has 1 heterocycles. The Labute approximate surface area is 104 Å². The molecule has 0 radical (unpaired) electrons. The zero-order valence-corrected chi connectivity index (χ0v) is 11.7. The summed E-state index contributed by atoms with van der Waals surface area (Å²) in [5, 5.41) is 8.01. The molecule has 0 bridgehead atoms. The van der Waals surface area contributed by atoms with Crippen molar-refractivity contribution in [2.45, 2.75) is 45.3 Å². The highest BCUT2D eigenvalue weighted by molar-refractivity contribution is 5.06. The Morgan fingerprint density at radius 2 is 2.24 bits per heavy atom. The Balaban J connectivity index is 2.73. The van der Waals surface area contributed by atoms with Crippen LogP contribution in [0.2, 0.25) is 0 Å². The summed E-state index contributed by atoms with van der Waals surface area (Å²) in [6.45, 7) is 7.39. The third kappa shape index (κ3) is 4.48. The van der Waals surface area contributed by atoms with Crippen molar-refractivity contribution in [3.63, 3.8) is 0 Å². The molecule has 0 aromatic carbocycles. The Morgan fingerprint density at radius 1 is 1.53 bits per heavy atom. The van der Waals surface area contributed by atoms with Gasteiger partial charge in [0.25, 0.3) is 0 Å². The Bertz CT molecular complexity index is 333. The molecule has 4 nitrogen and oxygen atoms in total.